The Kier molecular flexibility index (Phi) is 2.95. The number of hydrogen-bond donors (Lipinski definition) is 1. The Hall–Kier alpha value is -1.44. The summed E-state index contributed by atoms with van der Waals surface area (Å²) < 4.78 is 2.31. The molecule has 0 aliphatic rings. The SMILES string of the molecule is CCCCCn1ccc2cc(N)ccc21. The molecule has 1 aromatic carbocycles. The molecule has 0 amide bonds. The minimum Gasteiger partial charge on any atom is -0.399 e. The highest BCUT2D eigenvalue weighted by molar-refractivity contribution is 5.83. The summed E-state index contributed by atoms with van der Waals surface area (Å²) in [6.07, 6.45) is 5.98. The van der Waals surface area contributed by atoms with E-state index in [0.29, 0.717) is 0 Å². The van der Waals surface area contributed by atoms with Crippen molar-refractivity contribution in [3.8, 4) is 0 Å². The van der Waals surface area contributed by atoms with Crippen LogP contribution in [0, 0.1) is 0 Å². The number of rotatable bonds is 4. The van der Waals surface area contributed by atoms with Gasteiger partial charge in [-0.1, -0.05) is 19.8 Å². The Balaban J connectivity index is 2.21. The Morgan fingerprint density at radius 1 is 1.20 bits per heavy atom. The zero-order valence-electron chi connectivity index (χ0n) is 9.24. The van der Waals surface area contributed by atoms with Crippen LogP contribution in [0.2, 0.25) is 0 Å². The average Bonchev–Trinajstić information content (AvgIpc) is 2.61. The molecular weight excluding hydrogens is 184 g/mol. The van der Waals surface area contributed by atoms with Gasteiger partial charge in [0, 0.05) is 29.3 Å². The largest absolute Gasteiger partial charge is 0.399 e. The zero-order valence-corrected chi connectivity index (χ0v) is 9.24. The number of fused-ring (bicyclic) bond motifs is 1. The van der Waals surface area contributed by atoms with E-state index in [4.69, 9.17) is 5.73 Å². The lowest BCUT2D eigenvalue weighted by Crippen LogP contribution is -1.95. The van der Waals surface area contributed by atoms with E-state index < -0.39 is 0 Å². The van der Waals surface area contributed by atoms with Gasteiger partial charge in [-0.3, -0.25) is 0 Å². The van der Waals surface area contributed by atoms with Gasteiger partial charge in [0.2, 0.25) is 0 Å². The van der Waals surface area contributed by atoms with Crippen LogP contribution in [0.3, 0.4) is 0 Å². The van der Waals surface area contributed by atoms with Crippen molar-refractivity contribution >= 4 is 16.6 Å². The molecule has 0 fully saturated rings. The minimum atomic E-state index is 0.841. The van der Waals surface area contributed by atoms with Crippen LogP contribution < -0.4 is 5.73 Å². The number of nitrogens with two attached hydrogens (primary N) is 1. The van der Waals surface area contributed by atoms with Gasteiger partial charge in [0.1, 0.15) is 0 Å². The fraction of sp³-hybridized carbons (Fsp3) is 0.385. The first-order valence-electron chi connectivity index (χ1n) is 5.65. The molecule has 0 aliphatic heterocycles. The third-order valence-electron chi connectivity index (χ3n) is 2.80. The first-order chi connectivity index (χ1) is 7.31. The first-order valence-corrected chi connectivity index (χ1v) is 5.65. The Morgan fingerprint density at radius 2 is 2.07 bits per heavy atom. The third kappa shape index (κ3) is 2.14. The van der Waals surface area contributed by atoms with Gasteiger partial charge in [0.05, 0.1) is 0 Å². The predicted octanol–water partition coefficient (Wildman–Crippen LogP) is 3.41. The Labute approximate surface area is 90.7 Å². The summed E-state index contributed by atoms with van der Waals surface area (Å²) in [5.41, 5.74) is 7.88. The van der Waals surface area contributed by atoms with Gasteiger partial charge >= 0.3 is 0 Å². The number of nitrogen functional groups attached to an aromatic ring is 1. The molecular formula is C13H18N2. The van der Waals surface area contributed by atoms with Crippen molar-refractivity contribution in [2.75, 3.05) is 5.73 Å². The summed E-state index contributed by atoms with van der Waals surface area (Å²) in [6, 6.07) is 8.25. The number of benzene rings is 1. The molecule has 0 radical (unpaired) electrons. The van der Waals surface area contributed by atoms with Crippen LogP contribution in [-0.2, 0) is 6.54 Å². The highest BCUT2D eigenvalue weighted by Gasteiger charge is 2.00. The van der Waals surface area contributed by atoms with Crippen molar-refractivity contribution in [2.45, 2.75) is 32.7 Å². The molecule has 2 N–H and O–H groups in total. The van der Waals surface area contributed by atoms with Gasteiger partial charge in [-0.15, -0.1) is 0 Å². The van der Waals surface area contributed by atoms with Crippen LogP contribution in [0.4, 0.5) is 5.69 Å². The van der Waals surface area contributed by atoms with E-state index >= 15 is 0 Å². The average molecular weight is 202 g/mol. The summed E-state index contributed by atoms with van der Waals surface area (Å²) in [6.45, 7) is 3.34. The monoisotopic (exact) mass is 202 g/mol. The number of aromatic nitrogens is 1. The summed E-state index contributed by atoms with van der Waals surface area (Å²) in [4.78, 5) is 0. The summed E-state index contributed by atoms with van der Waals surface area (Å²) in [5, 5.41) is 1.24. The Morgan fingerprint density at radius 3 is 2.87 bits per heavy atom. The second kappa shape index (κ2) is 4.39. The molecule has 2 rings (SSSR count). The molecule has 15 heavy (non-hydrogen) atoms. The maximum Gasteiger partial charge on any atom is 0.0481 e. The summed E-state index contributed by atoms with van der Waals surface area (Å²) in [7, 11) is 0. The van der Waals surface area contributed by atoms with Crippen molar-refractivity contribution in [1.82, 2.24) is 4.57 Å². The van der Waals surface area contributed by atoms with Crippen LogP contribution in [0.1, 0.15) is 26.2 Å². The summed E-state index contributed by atoms with van der Waals surface area (Å²) >= 11 is 0. The van der Waals surface area contributed by atoms with Crippen LogP contribution in [0.5, 0.6) is 0 Å². The highest BCUT2D eigenvalue weighted by atomic mass is 14.9. The minimum absolute atomic E-state index is 0.841. The van der Waals surface area contributed by atoms with Crippen molar-refractivity contribution in [3.05, 3.63) is 30.5 Å². The lowest BCUT2D eigenvalue weighted by molar-refractivity contribution is 0.616. The molecule has 80 valence electrons. The van der Waals surface area contributed by atoms with Gasteiger partial charge < -0.3 is 10.3 Å². The van der Waals surface area contributed by atoms with Crippen molar-refractivity contribution in [1.29, 1.82) is 0 Å². The number of nitrogens with zero attached hydrogens (tertiary/aromatic N) is 1. The molecule has 0 aliphatic carbocycles. The van der Waals surface area contributed by atoms with E-state index in [-0.39, 0.29) is 0 Å². The standard InChI is InChI=1S/C13H18N2/c1-2-3-4-8-15-9-7-11-10-12(14)5-6-13(11)15/h5-7,9-10H,2-4,8,14H2,1H3. The van der Waals surface area contributed by atoms with Crippen molar-refractivity contribution in [3.63, 3.8) is 0 Å². The fourth-order valence-electron chi connectivity index (χ4n) is 1.95. The van der Waals surface area contributed by atoms with E-state index in [1.54, 1.807) is 0 Å². The maximum absolute atomic E-state index is 5.75. The number of hydrogen-bond acceptors (Lipinski definition) is 1. The molecule has 1 heterocycles. The lowest BCUT2D eigenvalue weighted by atomic mass is 10.2. The van der Waals surface area contributed by atoms with E-state index in [2.05, 4.69) is 29.8 Å². The van der Waals surface area contributed by atoms with E-state index in [1.165, 1.54) is 30.2 Å². The molecule has 2 nitrogen and oxygen atoms in total. The summed E-state index contributed by atoms with van der Waals surface area (Å²) in [5.74, 6) is 0. The molecule has 2 aromatic rings. The van der Waals surface area contributed by atoms with Gasteiger partial charge in [0.25, 0.3) is 0 Å². The van der Waals surface area contributed by atoms with Gasteiger partial charge in [-0.2, -0.15) is 0 Å². The van der Waals surface area contributed by atoms with Crippen LogP contribution in [0.25, 0.3) is 10.9 Å². The van der Waals surface area contributed by atoms with E-state index in [9.17, 15) is 0 Å². The maximum atomic E-state index is 5.75. The van der Waals surface area contributed by atoms with Crippen LogP contribution in [0.15, 0.2) is 30.5 Å². The topological polar surface area (TPSA) is 30.9 Å². The van der Waals surface area contributed by atoms with Crippen LogP contribution >= 0.6 is 0 Å². The normalized spacial score (nSPS) is 11.0. The lowest BCUT2D eigenvalue weighted by Gasteiger charge is -2.04. The Bertz CT molecular complexity index is 443. The first kappa shape index (κ1) is 10.1. The zero-order chi connectivity index (χ0) is 10.7. The van der Waals surface area contributed by atoms with Crippen LogP contribution in [-0.4, -0.2) is 4.57 Å². The molecule has 2 heteroatoms. The van der Waals surface area contributed by atoms with E-state index in [1.807, 2.05) is 12.1 Å². The van der Waals surface area contributed by atoms with Gasteiger partial charge in [-0.05, 0) is 30.7 Å². The molecule has 0 spiro atoms. The smallest absolute Gasteiger partial charge is 0.0481 e. The highest BCUT2D eigenvalue weighted by Crippen LogP contribution is 2.19. The molecule has 0 bridgehead atoms. The third-order valence-corrected chi connectivity index (χ3v) is 2.80. The quantitative estimate of drug-likeness (QED) is 0.597. The fourth-order valence-corrected chi connectivity index (χ4v) is 1.95. The second-order valence-corrected chi connectivity index (χ2v) is 4.03. The molecule has 0 unspecified atom stereocenters. The molecule has 0 saturated carbocycles. The van der Waals surface area contributed by atoms with Gasteiger partial charge in [-0.25, -0.2) is 0 Å². The predicted molar refractivity (Wildman–Crippen MR) is 65.9 cm³/mol. The number of anilines is 1. The molecule has 1 aromatic heterocycles. The van der Waals surface area contributed by atoms with Crippen molar-refractivity contribution < 1.29 is 0 Å². The number of aryl methyl sites for hydroxylation is 1. The second-order valence-electron chi connectivity index (χ2n) is 4.03. The molecule has 0 saturated heterocycles. The van der Waals surface area contributed by atoms with Crippen molar-refractivity contribution in [2.24, 2.45) is 0 Å². The van der Waals surface area contributed by atoms with Gasteiger partial charge in [0.15, 0.2) is 0 Å². The van der Waals surface area contributed by atoms with E-state index in [0.717, 1.165) is 12.2 Å². The number of unbranched alkanes of at least 4 members (excludes halogenated alkanes) is 2. The molecule has 0 atom stereocenters.